The molecule has 1 aromatic carbocycles. The summed E-state index contributed by atoms with van der Waals surface area (Å²) in [5.41, 5.74) is 2.44. The molecule has 0 aliphatic heterocycles. The standard InChI is InChI=1S/C15H15N3O/c1-9(2)14-17-13(10(3)15(19)18-14)12-6-4-5-11(7-12)8-16/h4-7,9H,1-3H3,(H,17,18,19). The molecule has 0 saturated carbocycles. The van der Waals surface area contributed by atoms with E-state index in [2.05, 4.69) is 16.0 Å². The summed E-state index contributed by atoms with van der Waals surface area (Å²) in [4.78, 5) is 19.2. The summed E-state index contributed by atoms with van der Waals surface area (Å²) in [7, 11) is 0. The van der Waals surface area contributed by atoms with Crippen LogP contribution in [0.5, 0.6) is 0 Å². The maximum Gasteiger partial charge on any atom is 0.254 e. The van der Waals surface area contributed by atoms with Gasteiger partial charge in [0, 0.05) is 17.0 Å². The van der Waals surface area contributed by atoms with Gasteiger partial charge in [-0.25, -0.2) is 4.98 Å². The number of nitriles is 1. The second kappa shape index (κ2) is 5.07. The normalized spacial score (nSPS) is 10.5. The molecular weight excluding hydrogens is 238 g/mol. The zero-order valence-corrected chi connectivity index (χ0v) is 11.2. The van der Waals surface area contributed by atoms with Crippen molar-refractivity contribution in [1.82, 2.24) is 9.97 Å². The van der Waals surface area contributed by atoms with Gasteiger partial charge >= 0.3 is 0 Å². The van der Waals surface area contributed by atoms with Gasteiger partial charge in [0.05, 0.1) is 17.3 Å². The first-order valence-electron chi connectivity index (χ1n) is 6.14. The Balaban J connectivity index is 2.67. The maximum absolute atomic E-state index is 11.9. The molecule has 2 aromatic rings. The van der Waals surface area contributed by atoms with Crippen LogP contribution in [-0.4, -0.2) is 9.97 Å². The van der Waals surface area contributed by atoms with Crippen molar-refractivity contribution in [2.45, 2.75) is 26.7 Å². The van der Waals surface area contributed by atoms with Gasteiger partial charge in [-0.1, -0.05) is 26.0 Å². The van der Waals surface area contributed by atoms with E-state index in [9.17, 15) is 4.79 Å². The van der Waals surface area contributed by atoms with Crippen molar-refractivity contribution in [2.75, 3.05) is 0 Å². The Morgan fingerprint density at radius 3 is 2.74 bits per heavy atom. The van der Waals surface area contributed by atoms with Crippen LogP contribution in [0.25, 0.3) is 11.3 Å². The lowest BCUT2D eigenvalue weighted by Gasteiger charge is -2.10. The minimum atomic E-state index is -0.129. The van der Waals surface area contributed by atoms with Gasteiger partial charge in [0.25, 0.3) is 5.56 Å². The van der Waals surface area contributed by atoms with Gasteiger partial charge in [0.15, 0.2) is 0 Å². The van der Waals surface area contributed by atoms with Gasteiger partial charge in [0.1, 0.15) is 5.82 Å². The lowest BCUT2D eigenvalue weighted by molar-refractivity contribution is 0.765. The maximum atomic E-state index is 11.9. The molecule has 0 aliphatic rings. The SMILES string of the molecule is Cc1c(-c2cccc(C#N)c2)nc(C(C)C)[nH]c1=O. The van der Waals surface area contributed by atoms with Gasteiger partial charge in [-0.15, -0.1) is 0 Å². The lowest BCUT2D eigenvalue weighted by atomic mass is 10.0. The van der Waals surface area contributed by atoms with Crippen molar-refractivity contribution < 1.29 is 0 Å². The Morgan fingerprint density at radius 2 is 2.11 bits per heavy atom. The molecule has 0 atom stereocenters. The third-order valence-corrected chi connectivity index (χ3v) is 2.98. The highest BCUT2D eigenvalue weighted by Gasteiger charge is 2.12. The lowest BCUT2D eigenvalue weighted by Crippen LogP contribution is -2.16. The van der Waals surface area contributed by atoms with Gasteiger partial charge in [-0.05, 0) is 19.1 Å². The summed E-state index contributed by atoms with van der Waals surface area (Å²) < 4.78 is 0. The van der Waals surface area contributed by atoms with Crippen molar-refractivity contribution >= 4 is 0 Å². The largest absolute Gasteiger partial charge is 0.310 e. The molecule has 96 valence electrons. The number of nitrogens with zero attached hydrogens (tertiary/aromatic N) is 2. The van der Waals surface area contributed by atoms with Gasteiger partial charge < -0.3 is 4.98 Å². The highest BCUT2D eigenvalue weighted by molar-refractivity contribution is 5.64. The Bertz CT molecular complexity index is 708. The summed E-state index contributed by atoms with van der Waals surface area (Å²) in [6.45, 7) is 5.69. The molecule has 2 rings (SSSR count). The van der Waals surface area contributed by atoms with E-state index in [1.165, 1.54) is 0 Å². The molecule has 0 fully saturated rings. The van der Waals surface area contributed by atoms with E-state index < -0.39 is 0 Å². The predicted molar refractivity (Wildman–Crippen MR) is 73.8 cm³/mol. The smallest absolute Gasteiger partial charge is 0.254 e. The topological polar surface area (TPSA) is 69.5 Å². The zero-order chi connectivity index (χ0) is 14.0. The van der Waals surface area contributed by atoms with Crippen LogP contribution in [0.1, 0.15) is 36.7 Å². The number of rotatable bonds is 2. The summed E-state index contributed by atoms with van der Waals surface area (Å²) in [6, 6.07) is 9.23. The quantitative estimate of drug-likeness (QED) is 0.894. The van der Waals surface area contributed by atoms with Crippen LogP contribution in [-0.2, 0) is 0 Å². The molecule has 0 aliphatic carbocycles. The van der Waals surface area contributed by atoms with Crippen molar-refractivity contribution in [1.29, 1.82) is 5.26 Å². The number of aromatic amines is 1. The van der Waals surface area contributed by atoms with Gasteiger partial charge in [0.2, 0.25) is 0 Å². The molecule has 0 radical (unpaired) electrons. The molecular formula is C15H15N3O. The van der Waals surface area contributed by atoms with Crippen LogP contribution >= 0.6 is 0 Å². The van der Waals surface area contributed by atoms with Crippen LogP contribution < -0.4 is 5.56 Å². The van der Waals surface area contributed by atoms with E-state index in [-0.39, 0.29) is 11.5 Å². The van der Waals surface area contributed by atoms with Crippen LogP contribution in [0, 0.1) is 18.3 Å². The van der Waals surface area contributed by atoms with E-state index in [4.69, 9.17) is 5.26 Å². The zero-order valence-electron chi connectivity index (χ0n) is 11.2. The average Bonchev–Trinajstić information content (AvgIpc) is 2.41. The Labute approximate surface area is 111 Å². The summed E-state index contributed by atoms with van der Waals surface area (Å²) in [5, 5.41) is 8.94. The molecule has 0 spiro atoms. The minimum absolute atomic E-state index is 0.129. The Morgan fingerprint density at radius 1 is 1.37 bits per heavy atom. The fourth-order valence-corrected chi connectivity index (χ4v) is 1.84. The highest BCUT2D eigenvalue weighted by atomic mass is 16.1. The summed E-state index contributed by atoms with van der Waals surface area (Å²) in [6.07, 6.45) is 0. The molecule has 0 amide bonds. The third-order valence-electron chi connectivity index (χ3n) is 2.98. The number of aromatic nitrogens is 2. The summed E-state index contributed by atoms with van der Waals surface area (Å²) >= 11 is 0. The van der Waals surface area contributed by atoms with Crippen molar-refractivity contribution in [3.8, 4) is 17.3 Å². The van der Waals surface area contributed by atoms with Crippen molar-refractivity contribution in [2.24, 2.45) is 0 Å². The molecule has 4 heteroatoms. The minimum Gasteiger partial charge on any atom is -0.310 e. The highest BCUT2D eigenvalue weighted by Crippen LogP contribution is 2.21. The van der Waals surface area contributed by atoms with E-state index >= 15 is 0 Å². The number of hydrogen-bond donors (Lipinski definition) is 1. The molecule has 1 heterocycles. The van der Waals surface area contributed by atoms with Crippen molar-refractivity contribution in [3.05, 3.63) is 51.6 Å². The molecule has 4 nitrogen and oxygen atoms in total. The van der Waals surface area contributed by atoms with Crippen molar-refractivity contribution in [3.63, 3.8) is 0 Å². The predicted octanol–water partition coefficient (Wildman–Crippen LogP) is 2.74. The third kappa shape index (κ3) is 2.55. The second-order valence-electron chi connectivity index (χ2n) is 4.77. The molecule has 1 N–H and O–H groups in total. The molecule has 0 bridgehead atoms. The fourth-order valence-electron chi connectivity index (χ4n) is 1.84. The molecule has 0 saturated heterocycles. The van der Waals surface area contributed by atoms with Crippen LogP contribution in [0.3, 0.4) is 0 Å². The monoisotopic (exact) mass is 253 g/mol. The van der Waals surface area contributed by atoms with E-state index in [0.717, 1.165) is 5.56 Å². The Hall–Kier alpha value is -2.41. The van der Waals surface area contributed by atoms with Crippen LogP contribution in [0.4, 0.5) is 0 Å². The first-order chi connectivity index (χ1) is 9.02. The first kappa shape index (κ1) is 13.0. The van der Waals surface area contributed by atoms with Crippen LogP contribution in [0.15, 0.2) is 29.1 Å². The van der Waals surface area contributed by atoms with Crippen LogP contribution in [0.2, 0.25) is 0 Å². The number of hydrogen-bond acceptors (Lipinski definition) is 3. The first-order valence-corrected chi connectivity index (χ1v) is 6.14. The average molecular weight is 253 g/mol. The van der Waals surface area contributed by atoms with Gasteiger partial charge in [-0.3, -0.25) is 4.79 Å². The van der Waals surface area contributed by atoms with E-state index in [1.54, 1.807) is 25.1 Å². The Kier molecular flexibility index (Phi) is 3.48. The van der Waals surface area contributed by atoms with Gasteiger partial charge in [-0.2, -0.15) is 5.26 Å². The summed E-state index contributed by atoms with van der Waals surface area (Å²) in [5.74, 6) is 0.805. The number of nitrogens with one attached hydrogen (secondary N) is 1. The van der Waals surface area contributed by atoms with E-state index in [0.29, 0.717) is 22.6 Å². The number of benzene rings is 1. The fraction of sp³-hybridized carbons (Fsp3) is 0.267. The molecule has 0 unspecified atom stereocenters. The second-order valence-corrected chi connectivity index (χ2v) is 4.77. The molecule has 1 aromatic heterocycles. The number of H-pyrrole nitrogens is 1. The van der Waals surface area contributed by atoms with E-state index in [1.807, 2.05) is 19.9 Å². The molecule has 19 heavy (non-hydrogen) atoms.